The van der Waals surface area contributed by atoms with Gasteiger partial charge < -0.3 is 4.90 Å². The Morgan fingerprint density at radius 2 is 2.00 bits per heavy atom. The molecule has 0 saturated heterocycles. The van der Waals surface area contributed by atoms with E-state index < -0.39 is 0 Å². The number of nitrogens with zero attached hydrogens (tertiary/aromatic N) is 1. The van der Waals surface area contributed by atoms with Crippen LogP contribution in [0.4, 0.5) is 0 Å². The molecule has 0 aromatic carbocycles. The molecule has 1 aliphatic carbocycles. The van der Waals surface area contributed by atoms with Gasteiger partial charge in [-0.3, -0.25) is 4.79 Å². The van der Waals surface area contributed by atoms with Gasteiger partial charge in [0.25, 0.3) is 0 Å². The third kappa shape index (κ3) is 2.88. The molecular weight excluding hydrogens is 198 g/mol. The highest BCUT2D eigenvalue weighted by molar-refractivity contribution is 6.18. The smallest absolute Gasteiger partial charge is 0.225 e. The summed E-state index contributed by atoms with van der Waals surface area (Å²) in [7, 11) is 0. The fourth-order valence-electron chi connectivity index (χ4n) is 1.82. The highest BCUT2D eigenvalue weighted by atomic mass is 35.5. The fourth-order valence-corrected chi connectivity index (χ4v) is 2.00. The fraction of sp³-hybridized carbons (Fsp3) is 0.909. The molecule has 1 amide bonds. The van der Waals surface area contributed by atoms with Gasteiger partial charge in [-0.15, -0.1) is 11.6 Å². The second-order valence-corrected chi connectivity index (χ2v) is 4.34. The molecule has 0 spiro atoms. The maximum atomic E-state index is 12.0. The first-order valence-electron chi connectivity index (χ1n) is 5.61. The van der Waals surface area contributed by atoms with Gasteiger partial charge in [-0.25, -0.2) is 0 Å². The van der Waals surface area contributed by atoms with E-state index in [-0.39, 0.29) is 5.92 Å². The van der Waals surface area contributed by atoms with Crippen molar-refractivity contribution in [1.29, 1.82) is 0 Å². The van der Waals surface area contributed by atoms with Gasteiger partial charge in [-0.2, -0.15) is 0 Å². The van der Waals surface area contributed by atoms with Crippen molar-refractivity contribution in [2.24, 2.45) is 5.92 Å². The third-order valence-corrected chi connectivity index (χ3v) is 3.10. The summed E-state index contributed by atoms with van der Waals surface area (Å²) in [6.07, 6.45) is 4.23. The molecule has 82 valence electrons. The molecule has 14 heavy (non-hydrogen) atoms. The van der Waals surface area contributed by atoms with Crippen LogP contribution in [0.25, 0.3) is 0 Å². The zero-order chi connectivity index (χ0) is 10.6. The van der Waals surface area contributed by atoms with Gasteiger partial charge in [-0.1, -0.05) is 13.8 Å². The Balaban J connectivity index is 2.52. The second kappa shape index (κ2) is 5.59. The van der Waals surface area contributed by atoms with Crippen molar-refractivity contribution in [1.82, 2.24) is 4.90 Å². The molecular formula is C11H20ClNO. The van der Waals surface area contributed by atoms with Crippen LogP contribution in [-0.4, -0.2) is 29.3 Å². The van der Waals surface area contributed by atoms with Crippen molar-refractivity contribution in [3.8, 4) is 0 Å². The maximum Gasteiger partial charge on any atom is 0.225 e. The predicted octanol–water partition coefficient (Wildman–Crippen LogP) is 2.65. The summed E-state index contributed by atoms with van der Waals surface area (Å²) >= 11 is 5.71. The molecule has 2 nitrogen and oxygen atoms in total. The van der Waals surface area contributed by atoms with Crippen molar-refractivity contribution in [2.45, 2.75) is 45.6 Å². The first-order valence-corrected chi connectivity index (χ1v) is 6.14. The lowest BCUT2D eigenvalue weighted by molar-refractivity contribution is -0.136. The van der Waals surface area contributed by atoms with E-state index in [1.54, 1.807) is 0 Å². The van der Waals surface area contributed by atoms with Gasteiger partial charge >= 0.3 is 0 Å². The van der Waals surface area contributed by atoms with Crippen molar-refractivity contribution < 1.29 is 4.79 Å². The van der Waals surface area contributed by atoms with E-state index in [4.69, 9.17) is 11.6 Å². The number of carbonyl (C=O) groups excluding carboxylic acids is 1. The quantitative estimate of drug-likeness (QED) is 0.627. The van der Waals surface area contributed by atoms with E-state index >= 15 is 0 Å². The lowest BCUT2D eigenvalue weighted by Crippen LogP contribution is -2.38. The predicted molar refractivity (Wildman–Crippen MR) is 59.5 cm³/mol. The first-order chi connectivity index (χ1) is 6.74. The summed E-state index contributed by atoms with van der Waals surface area (Å²) in [5.41, 5.74) is 0. The Morgan fingerprint density at radius 1 is 1.43 bits per heavy atom. The molecule has 0 N–H and O–H groups in total. The summed E-state index contributed by atoms with van der Waals surface area (Å²) in [6.45, 7) is 4.89. The number of carbonyl (C=O) groups is 1. The van der Waals surface area contributed by atoms with Crippen LogP contribution in [0.2, 0.25) is 0 Å². The summed E-state index contributed by atoms with van der Waals surface area (Å²) < 4.78 is 0. The number of hydrogen-bond acceptors (Lipinski definition) is 1. The molecule has 3 heteroatoms. The summed E-state index contributed by atoms with van der Waals surface area (Å²) in [4.78, 5) is 14.0. The molecule has 1 aliphatic rings. The van der Waals surface area contributed by atoms with Crippen LogP contribution in [0, 0.1) is 5.92 Å². The number of alkyl halides is 1. The molecule has 0 aromatic heterocycles. The molecule has 0 aromatic rings. The number of rotatable bonds is 6. The van der Waals surface area contributed by atoms with Crippen LogP contribution in [0.3, 0.4) is 0 Å². The molecule has 0 atom stereocenters. The lowest BCUT2D eigenvalue weighted by Gasteiger charge is -2.25. The van der Waals surface area contributed by atoms with E-state index in [1.807, 2.05) is 4.90 Å². The standard InChI is InChI=1S/C11H20ClNO/c1-3-9(4-2)11(14)13(8-7-12)10-5-6-10/h9-10H,3-8H2,1-2H3. The average Bonchev–Trinajstić information content (AvgIpc) is 2.99. The zero-order valence-electron chi connectivity index (χ0n) is 9.13. The molecule has 0 aliphatic heterocycles. The SMILES string of the molecule is CCC(CC)C(=O)N(CCCl)C1CC1. The van der Waals surface area contributed by atoms with E-state index in [2.05, 4.69) is 13.8 Å². The maximum absolute atomic E-state index is 12.0. The Labute approximate surface area is 91.6 Å². The third-order valence-electron chi connectivity index (χ3n) is 2.93. The molecule has 0 unspecified atom stereocenters. The highest BCUT2D eigenvalue weighted by Gasteiger charge is 2.34. The largest absolute Gasteiger partial charge is 0.338 e. The first kappa shape index (κ1) is 11.8. The van der Waals surface area contributed by atoms with E-state index in [0.29, 0.717) is 17.8 Å². The van der Waals surface area contributed by atoms with Gasteiger partial charge in [0.2, 0.25) is 5.91 Å². The van der Waals surface area contributed by atoms with Crippen LogP contribution < -0.4 is 0 Å². The van der Waals surface area contributed by atoms with Gasteiger partial charge in [0, 0.05) is 24.4 Å². The second-order valence-electron chi connectivity index (χ2n) is 3.97. The number of amides is 1. The van der Waals surface area contributed by atoms with Gasteiger partial charge in [-0.05, 0) is 25.7 Å². The molecule has 1 saturated carbocycles. The minimum absolute atomic E-state index is 0.207. The Bertz CT molecular complexity index is 188. The lowest BCUT2D eigenvalue weighted by atomic mass is 10.0. The van der Waals surface area contributed by atoms with Gasteiger partial charge in [0.1, 0.15) is 0 Å². The summed E-state index contributed by atoms with van der Waals surface area (Å²) in [5.74, 6) is 1.08. The van der Waals surface area contributed by atoms with Gasteiger partial charge in [0.15, 0.2) is 0 Å². The van der Waals surface area contributed by atoms with E-state index in [9.17, 15) is 4.79 Å². The molecule has 0 bridgehead atoms. The number of hydrogen-bond donors (Lipinski definition) is 0. The number of halogens is 1. The zero-order valence-corrected chi connectivity index (χ0v) is 9.89. The van der Waals surface area contributed by atoms with Crippen LogP contribution in [-0.2, 0) is 4.79 Å². The average molecular weight is 218 g/mol. The van der Waals surface area contributed by atoms with Crippen LogP contribution in [0.15, 0.2) is 0 Å². The van der Waals surface area contributed by atoms with Crippen LogP contribution in [0.1, 0.15) is 39.5 Å². The van der Waals surface area contributed by atoms with Crippen molar-refractivity contribution in [2.75, 3.05) is 12.4 Å². The van der Waals surface area contributed by atoms with E-state index in [1.165, 1.54) is 12.8 Å². The molecule has 1 rings (SSSR count). The van der Waals surface area contributed by atoms with Gasteiger partial charge in [0.05, 0.1) is 0 Å². The Kier molecular flexibility index (Phi) is 4.73. The molecule has 0 radical (unpaired) electrons. The van der Waals surface area contributed by atoms with E-state index in [0.717, 1.165) is 19.4 Å². The Hall–Kier alpha value is -0.240. The van der Waals surface area contributed by atoms with Crippen molar-refractivity contribution >= 4 is 17.5 Å². The summed E-state index contributed by atoms with van der Waals surface area (Å²) in [5, 5.41) is 0. The highest BCUT2D eigenvalue weighted by Crippen LogP contribution is 2.29. The normalized spacial score (nSPS) is 16.0. The molecule has 1 fully saturated rings. The van der Waals surface area contributed by atoms with Crippen LogP contribution in [0.5, 0.6) is 0 Å². The van der Waals surface area contributed by atoms with Crippen molar-refractivity contribution in [3.05, 3.63) is 0 Å². The van der Waals surface area contributed by atoms with Crippen LogP contribution >= 0.6 is 11.6 Å². The van der Waals surface area contributed by atoms with Crippen molar-refractivity contribution in [3.63, 3.8) is 0 Å². The minimum atomic E-state index is 0.207. The monoisotopic (exact) mass is 217 g/mol. The summed E-state index contributed by atoms with van der Waals surface area (Å²) in [6, 6.07) is 0.502. The molecule has 0 heterocycles. The minimum Gasteiger partial charge on any atom is -0.338 e. The Morgan fingerprint density at radius 3 is 2.36 bits per heavy atom. The topological polar surface area (TPSA) is 20.3 Å².